The van der Waals surface area contributed by atoms with Gasteiger partial charge in [-0.15, -0.1) is 0 Å². The third-order valence-corrected chi connectivity index (χ3v) is 6.84. The first-order valence-corrected chi connectivity index (χ1v) is 11.6. The quantitative estimate of drug-likeness (QED) is 0.623. The van der Waals surface area contributed by atoms with E-state index in [4.69, 9.17) is 18.9 Å². The van der Waals surface area contributed by atoms with E-state index in [0.29, 0.717) is 47.7 Å². The maximum atomic E-state index is 13.0. The number of anilines is 1. The molecule has 0 spiro atoms. The molecule has 5 rings (SSSR count). The molecule has 2 fully saturated rings. The van der Waals surface area contributed by atoms with E-state index in [1.54, 1.807) is 19.4 Å². The predicted octanol–water partition coefficient (Wildman–Crippen LogP) is 3.93. The van der Waals surface area contributed by atoms with E-state index in [1.165, 1.54) is 11.3 Å². The van der Waals surface area contributed by atoms with Gasteiger partial charge in [-0.3, -0.25) is 15.1 Å². The van der Waals surface area contributed by atoms with E-state index in [-0.39, 0.29) is 12.0 Å². The summed E-state index contributed by atoms with van der Waals surface area (Å²) < 4.78 is 23.3. The summed E-state index contributed by atoms with van der Waals surface area (Å²) in [7, 11) is 1.61. The predicted molar refractivity (Wildman–Crippen MR) is 121 cm³/mol. The number of aromatic nitrogens is 2. The number of amides is 1. The molecule has 8 nitrogen and oxygen atoms in total. The Morgan fingerprint density at radius 1 is 1.16 bits per heavy atom. The van der Waals surface area contributed by atoms with Crippen molar-refractivity contribution in [1.29, 1.82) is 0 Å². The van der Waals surface area contributed by atoms with Crippen molar-refractivity contribution in [2.24, 2.45) is 0 Å². The highest BCUT2D eigenvalue weighted by Crippen LogP contribution is 2.39. The fourth-order valence-corrected chi connectivity index (χ4v) is 5.15. The number of ether oxygens (including phenoxy) is 4. The number of fused-ring (bicyclic) bond motifs is 1. The van der Waals surface area contributed by atoms with Gasteiger partial charge in [-0.05, 0) is 31.0 Å². The van der Waals surface area contributed by atoms with Crippen LogP contribution in [0.1, 0.15) is 46.5 Å². The van der Waals surface area contributed by atoms with Gasteiger partial charge in [0.1, 0.15) is 17.4 Å². The number of thiazole rings is 1. The van der Waals surface area contributed by atoms with E-state index in [9.17, 15) is 4.79 Å². The van der Waals surface area contributed by atoms with Gasteiger partial charge in [0, 0.05) is 42.1 Å². The lowest BCUT2D eigenvalue weighted by atomic mass is 9.95. The van der Waals surface area contributed by atoms with Crippen LogP contribution in [0, 0.1) is 0 Å². The Bertz CT molecular complexity index is 1110. The first-order valence-electron chi connectivity index (χ1n) is 10.7. The SMILES string of the molecule is COc1ccc(C2COCCO2)c2sc(NC(=O)c3ccnc(C4CCOCC4)c3)nc12. The molecule has 1 amide bonds. The van der Waals surface area contributed by atoms with Gasteiger partial charge < -0.3 is 18.9 Å². The molecule has 2 aromatic heterocycles. The lowest BCUT2D eigenvalue weighted by molar-refractivity contribution is -0.0895. The molecule has 32 heavy (non-hydrogen) atoms. The van der Waals surface area contributed by atoms with Crippen molar-refractivity contribution in [3.05, 3.63) is 47.3 Å². The molecule has 1 unspecified atom stereocenters. The number of pyridine rings is 1. The van der Waals surface area contributed by atoms with Crippen LogP contribution < -0.4 is 10.1 Å². The maximum absolute atomic E-state index is 13.0. The van der Waals surface area contributed by atoms with E-state index < -0.39 is 0 Å². The van der Waals surface area contributed by atoms with Crippen LogP contribution in [0.5, 0.6) is 5.75 Å². The minimum absolute atomic E-state index is 0.164. The van der Waals surface area contributed by atoms with Gasteiger partial charge in [0.05, 0.1) is 31.6 Å². The highest BCUT2D eigenvalue weighted by Gasteiger charge is 2.24. The van der Waals surface area contributed by atoms with Gasteiger partial charge in [-0.25, -0.2) is 4.98 Å². The number of carbonyl (C=O) groups excluding carboxylic acids is 1. The van der Waals surface area contributed by atoms with E-state index in [0.717, 1.165) is 42.0 Å². The molecule has 0 saturated carbocycles. The normalized spacial score (nSPS) is 19.7. The van der Waals surface area contributed by atoms with Crippen LogP contribution in [0.2, 0.25) is 0 Å². The Labute approximate surface area is 189 Å². The smallest absolute Gasteiger partial charge is 0.257 e. The first kappa shape index (κ1) is 21.3. The first-order chi connectivity index (χ1) is 15.7. The topological polar surface area (TPSA) is 91.8 Å². The summed E-state index contributed by atoms with van der Waals surface area (Å²) in [6, 6.07) is 7.46. The van der Waals surface area contributed by atoms with Crippen LogP contribution in [0.25, 0.3) is 10.2 Å². The average molecular weight is 456 g/mol. The molecule has 9 heteroatoms. The van der Waals surface area contributed by atoms with Gasteiger partial charge >= 0.3 is 0 Å². The zero-order chi connectivity index (χ0) is 21.9. The third-order valence-electron chi connectivity index (χ3n) is 5.82. The molecule has 4 heterocycles. The Kier molecular flexibility index (Phi) is 6.31. The number of methoxy groups -OCH3 is 1. The van der Waals surface area contributed by atoms with Crippen molar-refractivity contribution in [2.75, 3.05) is 45.5 Å². The molecule has 0 radical (unpaired) electrons. The Morgan fingerprint density at radius 3 is 2.81 bits per heavy atom. The van der Waals surface area contributed by atoms with Crippen LogP contribution in [0.15, 0.2) is 30.5 Å². The van der Waals surface area contributed by atoms with E-state index in [1.807, 2.05) is 18.2 Å². The van der Waals surface area contributed by atoms with Crippen molar-refractivity contribution in [3.8, 4) is 5.75 Å². The second-order valence-electron chi connectivity index (χ2n) is 7.80. The molecule has 1 atom stereocenters. The molecule has 1 aromatic carbocycles. The van der Waals surface area contributed by atoms with Crippen LogP contribution in [0.4, 0.5) is 5.13 Å². The fourth-order valence-electron chi connectivity index (χ4n) is 4.12. The summed E-state index contributed by atoms with van der Waals surface area (Å²) >= 11 is 1.41. The fraction of sp³-hybridized carbons (Fsp3) is 0.435. The molecule has 1 N–H and O–H groups in total. The molecule has 2 saturated heterocycles. The van der Waals surface area contributed by atoms with Gasteiger partial charge in [-0.2, -0.15) is 0 Å². The monoisotopic (exact) mass is 455 g/mol. The Balaban J connectivity index is 1.41. The van der Waals surface area contributed by atoms with Crippen LogP contribution in [0.3, 0.4) is 0 Å². The molecular formula is C23H25N3O5S. The highest BCUT2D eigenvalue weighted by atomic mass is 32.1. The number of hydrogen-bond donors (Lipinski definition) is 1. The van der Waals surface area contributed by atoms with Crippen molar-refractivity contribution in [2.45, 2.75) is 24.9 Å². The standard InChI is InChI=1S/C23H25N3O5S/c1-28-18-3-2-16(19-13-30-10-11-31-19)21-20(18)25-23(32-21)26-22(27)15-4-7-24-17(12-15)14-5-8-29-9-6-14/h2-4,7,12,14,19H,5-6,8-11,13H2,1H3,(H,25,26,27). The molecule has 2 aliphatic heterocycles. The van der Waals surface area contributed by atoms with Crippen molar-refractivity contribution in [3.63, 3.8) is 0 Å². The summed E-state index contributed by atoms with van der Waals surface area (Å²) in [6.45, 7) is 3.11. The van der Waals surface area contributed by atoms with Crippen molar-refractivity contribution in [1.82, 2.24) is 9.97 Å². The zero-order valence-corrected chi connectivity index (χ0v) is 18.7. The number of nitrogens with one attached hydrogen (secondary N) is 1. The van der Waals surface area contributed by atoms with Crippen LogP contribution >= 0.6 is 11.3 Å². The molecule has 0 bridgehead atoms. The minimum atomic E-state index is -0.211. The lowest BCUT2D eigenvalue weighted by Crippen LogP contribution is -2.21. The summed E-state index contributed by atoms with van der Waals surface area (Å²) in [5.41, 5.74) is 3.20. The van der Waals surface area contributed by atoms with E-state index >= 15 is 0 Å². The van der Waals surface area contributed by atoms with Gasteiger partial charge in [0.15, 0.2) is 5.13 Å². The molecule has 3 aromatic rings. The number of benzene rings is 1. The summed E-state index contributed by atoms with van der Waals surface area (Å²) in [5, 5.41) is 3.46. The van der Waals surface area contributed by atoms with Crippen molar-refractivity contribution >= 4 is 32.6 Å². The van der Waals surface area contributed by atoms with Crippen molar-refractivity contribution < 1.29 is 23.7 Å². The van der Waals surface area contributed by atoms with Crippen LogP contribution in [-0.4, -0.2) is 56.0 Å². The lowest BCUT2D eigenvalue weighted by Gasteiger charge is -2.23. The van der Waals surface area contributed by atoms with Crippen LogP contribution in [-0.2, 0) is 14.2 Å². The van der Waals surface area contributed by atoms with Gasteiger partial charge in [-0.1, -0.05) is 17.4 Å². The summed E-state index contributed by atoms with van der Waals surface area (Å²) in [6.07, 6.45) is 3.37. The largest absolute Gasteiger partial charge is 0.494 e. The Hall–Kier alpha value is -2.59. The summed E-state index contributed by atoms with van der Waals surface area (Å²) in [5.74, 6) is 0.768. The molecule has 2 aliphatic rings. The molecular weight excluding hydrogens is 430 g/mol. The zero-order valence-electron chi connectivity index (χ0n) is 17.8. The number of rotatable bonds is 5. The second kappa shape index (κ2) is 9.50. The number of carbonyl (C=O) groups is 1. The van der Waals surface area contributed by atoms with Gasteiger partial charge in [0.2, 0.25) is 0 Å². The average Bonchev–Trinajstić information content (AvgIpc) is 3.28. The maximum Gasteiger partial charge on any atom is 0.257 e. The molecule has 168 valence electrons. The number of hydrogen-bond acceptors (Lipinski definition) is 8. The third kappa shape index (κ3) is 4.33. The summed E-state index contributed by atoms with van der Waals surface area (Å²) in [4.78, 5) is 22.1. The number of nitrogens with zero attached hydrogens (tertiary/aromatic N) is 2. The minimum Gasteiger partial charge on any atom is -0.494 e. The Morgan fingerprint density at radius 2 is 2.03 bits per heavy atom. The molecule has 0 aliphatic carbocycles. The highest BCUT2D eigenvalue weighted by molar-refractivity contribution is 7.22. The van der Waals surface area contributed by atoms with E-state index in [2.05, 4.69) is 15.3 Å². The van der Waals surface area contributed by atoms with Gasteiger partial charge in [0.25, 0.3) is 5.91 Å². The second-order valence-corrected chi connectivity index (χ2v) is 8.80.